The van der Waals surface area contributed by atoms with E-state index in [2.05, 4.69) is 0 Å². The lowest BCUT2D eigenvalue weighted by Crippen LogP contribution is -2.20. The van der Waals surface area contributed by atoms with Crippen LogP contribution in [-0.4, -0.2) is 22.2 Å². The predicted molar refractivity (Wildman–Crippen MR) is 71.9 cm³/mol. The van der Waals surface area contributed by atoms with Gasteiger partial charge in [0.2, 0.25) is 0 Å². The van der Waals surface area contributed by atoms with Gasteiger partial charge in [-0.15, -0.1) is 0 Å². The van der Waals surface area contributed by atoms with Crippen LogP contribution in [0, 0.1) is 11.8 Å². The van der Waals surface area contributed by atoms with Gasteiger partial charge in [-0.1, -0.05) is 37.3 Å². The molecule has 0 saturated heterocycles. The molecule has 0 amide bonds. The SMILES string of the molecule is CCC(CCC(Cc1ccccc1)C(=O)O)C(=O)O. The quantitative estimate of drug-likeness (QED) is 0.757. The third kappa shape index (κ3) is 5.12. The molecule has 0 fully saturated rings. The van der Waals surface area contributed by atoms with E-state index < -0.39 is 23.8 Å². The van der Waals surface area contributed by atoms with Gasteiger partial charge in [0, 0.05) is 0 Å². The fourth-order valence-electron chi connectivity index (χ4n) is 2.12. The molecule has 0 radical (unpaired) electrons. The first-order chi connectivity index (χ1) is 9.04. The second-order valence-corrected chi connectivity index (χ2v) is 4.75. The Hall–Kier alpha value is -1.84. The van der Waals surface area contributed by atoms with Crippen LogP contribution in [0.25, 0.3) is 0 Å². The Morgan fingerprint density at radius 3 is 2.00 bits per heavy atom. The van der Waals surface area contributed by atoms with E-state index in [0.717, 1.165) is 5.56 Å². The Kier molecular flexibility index (Phi) is 6.06. The third-order valence-corrected chi connectivity index (χ3v) is 3.38. The summed E-state index contributed by atoms with van der Waals surface area (Å²) in [5, 5.41) is 18.2. The van der Waals surface area contributed by atoms with Crippen molar-refractivity contribution in [3.05, 3.63) is 35.9 Å². The molecule has 2 atom stereocenters. The molecule has 104 valence electrons. The summed E-state index contributed by atoms with van der Waals surface area (Å²) in [6, 6.07) is 9.42. The van der Waals surface area contributed by atoms with E-state index in [0.29, 0.717) is 25.7 Å². The highest BCUT2D eigenvalue weighted by atomic mass is 16.4. The first-order valence-corrected chi connectivity index (χ1v) is 6.54. The van der Waals surface area contributed by atoms with Crippen LogP contribution >= 0.6 is 0 Å². The zero-order valence-electron chi connectivity index (χ0n) is 11.1. The highest BCUT2D eigenvalue weighted by Gasteiger charge is 2.22. The van der Waals surface area contributed by atoms with Crippen molar-refractivity contribution in [2.75, 3.05) is 0 Å². The molecule has 19 heavy (non-hydrogen) atoms. The molecule has 4 nitrogen and oxygen atoms in total. The minimum absolute atomic E-state index is 0.398. The molecule has 0 aliphatic heterocycles. The van der Waals surface area contributed by atoms with Crippen LogP contribution < -0.4 is 0 Å². The molecule has 1 aromatic rings. The van der Waals surface area contributed by atoms with Crippen LogP contribution in [0.4, 0.5) is 0 Å². The molecule has 0 saturated carbocycles. The molecular weight excluding hydrogens is 244 g/mol. The highest BCUT2D eigenvalue weighted by molar-refractivity contribution is 5.71. The van der Waals surface area contributed by atoms with Crippen molar-refractivity contribution < 1.29 is 19.8 Å². The van der Waals surface area contributed by atoms with Gasteiger partial charge in [0.25, 0.3) is 0 Å². The summed E-state index contributed by atoms with van der Waals surface area (Å²) in [4.78, 5) is 22.2. The summed E-state index contributed by atoms with van der Waals surface area (Å²) >= 11 is 0. The number of rotatable bonds is 8. The average molecular weight is 264 g/mol. The van der Waals surface area contributed by atoms with Gasteiger partial charge in [0.15, 0.2) is 0 Å². The first kappa shape index (κ1) is 15.2. The first-order valence-electron chi connectivity index (χ1n) is 6.54. The predicted octanol–water partition coefficient (Wildman–Crippen LogP) is 2.82. The molecule has 0 aromatic heterocycles. The van der Waals surface area contributed by atoms with Crippen LogP contribution in [-0.2, 0) is 16.0 Å². The van der Waals surface area contributed by atoms with Crippen molar-refractivity contribution >= 4 is 11.9 Å². The fraction of sp³-hybridized carbons (Fsp3) is 0.467. The Balaban J connectivity index is 2.59. The molecule has 2 unspecified atom stereocenters. The Bertz CT molecular complexity index is 413. The van der Waals surface area contributed by atoms with Gasteiger partial charge >= 0.3 is 11.9 Å². The number of aliphatic carboxylic acids is 2. The second kappa shape index (κ2) is 7.56. The van der Waals surface area contributed by atoms with Crippen LogP contribution in [0.3, 0.4) is 0 Å². The topological polar surface area (TPSA) is 74.6 Å². The van der Waals surface area contributed by atoms with Crippen molar-refractivity contribution in [2.24, 2.45) is 11.8 Å². The van der Waals surface area contributed by atoms with E-state index >= 15 is 0 Å². The number of hydrogen-bond donors (Lipinski definition) is 2. The van der Waals surface area contributed by atoms with Crippen LogP contribution in [0.2, 0.25) is 0 Å². The van der Waals surface area contributed by atoms with Gasteiger partial charge in [-0.2, -0.15) is 0 Å². The molecule has 0 aliphatic carbocycles. The van der Waals surface area contributed by atoms with E-state index in [4.69, 9.17) is 5.11 Å². The Morgan fingerprint density at radius 2 is 1.53 bits per heavy atom. The standard InChI is InChI=1S/C15H20O4/c1-2-12(14(16)17)8-9-13(15(18)19)10-11-6-4-3-5-7-11/h3-7,12-13H,2,8-10H2,1H3,(H,16,17)(H,18,19). The summed E-state index contributed by atoms with van der Waals surface area (Å²) < 4.78 is 0. The zero-order valence-corrected chi connectivity index (χ0v) is 11.1. The molecule has 4 heteroatoms. The highest BCUT2D eigenvalue weighted by Crippen LogP contribution is 2.20. The van der Waals surface area contributed by atoms with Crippen molar-refractivity contribution in [1.82, 2.24) is 0 Å². The van der Waals surface area contributed by atoms with Crippen molar-refractivity contribution in [3.8, 4) is 0 Å². The van der Waals surface area contributed by atoms with Gasteiger partial charge in [0.05, 0.1) is 11.8 Å². The lowest BCUT2D eigenvalue weighted by atomic mass is 9.90. The average Bonchev–Trinajstić information content (AvgIpc) is 2.38. The number of benzene rings is 1. The molecule has 0 aliphatic rings. The van der Waals surface area contributed by atoms with Crippen molar-refractivity contribution in [3.63, 3.8) is 0 Å². The maximum absolute atomic E-state index is 11.2. The molecule has 0 spiro atoms. The van der Waals surface area contributed by atoms with Gasteiger partial charge in [0.1, 0.15) is 0 Å². The third-order valence-electron chi connectivity index (χ3n) is 3.38. The van der Waals surface area contributed by atoms with Crippen LogP contribution in [0.15, 0.2) is 30.3 Å². The maximum Gasteiger partial charge on any atom is 0.306 e. The number of hydrogen-bond acceptors (Lipinski definition) is 2. The fourth-order valence-corrected chi connectivity index (χ4v) is 2.12. The van der Waals surface area contributed by atoms with Crippen LogP contribution in [0.1, 0.15) is 31.7 Å². The van der Waals surface area contributed by atoms with Crippen LogP contribution in [0.5, 0.6) is 0 Å². The second-order valence-electron chi connectivity index (χ2n) is 4.75. The summed E-state index contributed by atoms with van der Waals surface area (Å²) in [6.07, 6.45) is 1.80. The Labute approximate surface area is 113 Å². The van der Waals surface area contributed by atoms with E-state index in [-0.39, 0.29) is 0 Å². The summed E-state index contributed by atoms with van der Waals surface area (Å²) in [6.45, 7) is 1.81. The van der Waals surface area contributed by atoms with Gasteiger partial charge in [-0.3, -0.25) is 9.59 Å². The van der Waals surface area contributed by atoms with E-state index in [9.17, 15) is 14.7 Å². The molecular formula is C15H20O4. The summed E-state index contributed by atoms with van der Waals surface area (Å²) in [5.74, 6) is -2.66. The lowest BCUT2D eigenvalue weighted by molar-refractivity contribution is -0.145. The lowest BCUT2D eigenvalue weighted by Gasteiger charge is -2.15. The van der Waals surface area contributed by atoms with E-state index in [1.807, 2.05) is 37.3 Å². The Morgan fingerprint density at radius 1 is 1.00 bits per heavy atom. The molecule has 2 N–H and O–H groups in total. The number of carboxylic acid groups (broad SMARTS) is 2. The summed E-state index contributed by atoms with van der Waals surface area (Å²) in [5.41, 5.74) is 0.971. The van der Waals surface area contributed by atoms with E-state index in [1.165, 1.54) is 0 Å². The van der Waals surface area contributed by atoms with Crippen molar-refractivity contribution in [1.29, 1.82) is 0 Å². The minimum atomic E-state index is -0.857. The van der Waals surface area contributed by atoms with Gasteiger partial charge < -0.3 is 10.2 Å². The summed E-state index contributed by atoms with van der Waals surface area (Å²) in [7, 11) is 0. The normalized spacial score (nSPS) is 13.7. The van der Waals surface area contributed by atoms with Gasteiger partial charge in [-0.25, -0.2) is 0 Å². The maximum atomic E-state index is 11.2. The van der Waals surface area contributed by atoms with E-state index in [1.54, 1.807) is 0 Å². The largest absolute Gasteiger partial charge is 0.481 e. The van der Waals surface area contributed by atoms with Crippen molar-refractivity contribution in [2.45, 2.75) is 32.6 Å². The molecule has 0 heterocycles. The molecule has 1 aromatic carbocycles. The number of carboxylic acids is 2. The molecule has 0 bridgehead atoms. The molecule has 1 rings (SSSR count). The smallest absolute Gasteiger partial charge is 0.306 e. The zero-order chi connectivity index (χ0) is 14.3. The number of carbonyl (C=O) groups is 2. The monoisotopic (exact) mass is 264 g/mol. The van der Waals surface area contributed by atoms with Gasteiger partial charge in [-0.05, 0) is 31.2 Å². The minimum Gasteiger partial charge on any atom is -0.481 e.